The minimum Gasteiger partial charge on any atom is -0.352 e. The Morgan fingerprint density at radius 2 is 2.04 bits per heavy atom. The van der Waals surface area contributed by atoms with Gasteiger partial charge in [0.15, 0.2) is 0 Å². The molecule has 136 valence electrons. The summed E-state index contributed by atoms with van der Waals surface area (Å²) in [4.78, 5) is 26.9. The van der Waals surface area contributed by atoms with Gasteiger partial charge in [0.1, 0.15) is 6.04 Å². The first-order valence-corrected chi connectivity index (χ1v) is 9.37. The highest BCUT2D eigenvalue weighted by atomic mass is 35.5. The number of benzene rings is 1. The van der Waals surface area contributed by atoms with Crippen LogP contribution in [-0.4, -0.2) is 45.1 Å². The van der Waals surface area contributed by atoms with Gasteiger partial charge in [-0.3, -0.25) is 14.3 Å². The number of hydrogen-bond donors (Lipinski definition) is 1. The van der Waals surface area contributed by atoms with Crippen LogP contribution in [-0.2, 0) is 11.3 Å². The molecule has 1 saturated heterocycles. The number of carbonyl (C=O) groups is 2. The fraction of sp³-hybridized carbons (Fsp3) is 0.421. The highest BCUT2D eigenvalue weighted by Crippen LogP contribution is 2.24. The van der Waals surface area contributed by atoms with E-state index in [-0.39, 0.29) is 17.9 Å². The molecule has 26 heavy (non-hydrogen) atoms. The lowest BCUT2D eigenvalue weighted by atomic mass is 10.2. The van der Waals surface area contributed by atoms with Crippen molar-refractivity contribution in [2.75, 3.05) is 6.54 Å². The van der Waals surface area contributed by atoms with Gasteiger partial charge in [0, 0.05) is 23.8 Å². The standard InChI is InChI=1S/C19H21ClN4O2/c20-16-5-2-1-4-13(16)11-23-12-14(10-21-23)19(26)24-9-3-6-17(24)18(25)22-15-7-8-15/h1-2,4-5,10,12,15,17H,3,6-9,11H2,(H,22,25). The normalized spacial score (nSPS) is 19.6. The van der Waals surface area contributed by atoms with E-state index in [2.05, 4.69) is 10.4 Å². The molecule has 2 fully saturated rings. The molecule has 1 aliphatic heterocycles. The van der Waals surface area contributed by atoms with Gasteiger partial charge >= 0.3 is 0 Å². The van der Waals surface area contributed by atoms with Crippen molar-refractivity contribution in [3.63, 3.8) is 0 Å². The summed E-state index contributed by atoms with van der Waals surface area (Å²) < 4.78 is 1.70. The average molecular weight is 373 g/mol. The van der Waals surface area contributed by atoms with E-state index in [0.29, 0.717) is 29.7 Å². The van der Waals surface area contributed by atoms with Crippen molar-refractivity contribution in [3.05, 3.63) is 52.8 Å². The third-order valence-corrected chi connectivity index (χ3v) is 5.28. The summed E-state index contributed by atoms with van der Waals surface area (Å²) >= 11 is 6.19. The Bertz CT molecular complexity index is 830. The van der Waals surface area contributed by atoms with E-state index in [1.807, 2.05) is 24.3 Å². The van der Waals surface area contributed by atoms with E-state index in [0.717, 1.165) is 31.2 Å². The van der Waals surface area contributed by atoms with Crippen LogP contribution in [0.15, 0.2) is 36.7 Å². The summed E-state index contributed by atoms with van der Waals surface area (Å²) in [5.74, 6) is -0.161. The number of nitrogens with one attached hydrogen (secondary N) is 1. The molecule has 6 nitrogen and oxygen atoms in total. The van der Waals surface area contributed by atoms with Gasteiger partial charge in [-0.1, -0.05) is 29.8 Å². The summed E-state index contributed by atoms with van der Waals surface area (Å²) in [6, 6.07) is 7.51. The minimum atomic E-state index is -0.366. The highest BCUT2D eigenvalue weighted by molar-refractivity contribution is 6.31. The van der Waals surface area contributed by atoms with E-state index in [1.54, 1.807) is 22.0 Å². The highest BCUT2D eigenvalue weighted by Gasteiger charge is 2.37. The maximum Gasteiger partial charge on any atom is 0.257 e. The molecule has 1 aliphatic carbocycles. The van der Waals surface area contributed by atoms with Gasteiger partial charge in [-0.15, -0.1) is 0 Å². The Labute approximate surface area is 157 Å². The van der Waals surface area contributed by atoms with Crippen molar-refractivity contribution >= 4 is 23.4 Å². The number of halogens is 1. The molecule has 1 N–H and O–H groups in total. The maximum absolute atomic E-state index is 12.9. The van der Waals surface area contributed by atoms with Crippen molar-refractivity contribution in [3.8, 4) is 0 Å². The van der Waals surface area contributed by atoms with Crippen LogP contribution in [0.4, 0.5) is 0 Å². The lowest BCUT2D eigenvalue weighted by Crippen LogP contribution is -2.46. The first-order valence-electron chi connectivity index (χ1n) is 8.99. The molecule has 0 radical (unpaired) electrons. The summed E-state index contributed by atoms with van der Waals surface area (Å²) in [5.41, 5.74) is 1.45. The van der Waals surface area contributed by atoms with Crippen LogP contribution < -0.4 is 5.32 Å². The molecular weight excluding hydrogens is 352 g/mol. The van der Waals surface area contributed by atoms with Crippen LogP contribution in [0, 0.1) is 0 Å². The molecule has 4 rings (SSSR count). The lowest BCUT2D eigenvalue weighted by molar-refractivity contribution is -0.125. The molecule has 2 aliphatic rings. The number of nitrogens with zero attached hydrogens (tertiary/aromatic N) is 3. The van der Waals surface area contributed by atoms with Gasteiger partial charge in [-0.05, 0) is 37.3 Å². The van der Waals surface area contributed by atoms with Crippen molar-refractivity contribution in [1.82, 2.24) is 20.0 Å². The predicted octanol–water partition coefficient (Wildman–Crippen LogP) is 2.47. The van der Waals surface area contributed by atoms with Crippen molar-refractivity contribution in [2.24, 2.45) is 0 Å². The first kappa shape index (κ1) is 17.1. The number of likely N-dealkylation sites (tertiary alicyclic amines) is 1. The van der Waals surface area contributed by atoms with Crippen molar-refractivity contribution < 1.29 is 9.59 Å². The third-order valence-electron chi connectivity index (χ3n) is 4.91. The Morgan fingerprint density at radius 1 is 1.23 bits per heavy atom. The van der Waals surface area contributed by atoms with E-state index in [9.17, 15) is 9.59 Å². The third kappa shape index (κ3) is 3.60. The molecule has 7 heteroatoms. The fourth-order valence-electron chi connectivity index (χ4n) is 3.33. The average Bonchev–Trinajstić information content (AvgIpc) is 3.13. The lowest BCUT2D eigenvalue weighted by Gasteiger charge is -2.23. The number of rotatable bonds is 5. The maximum atomic E-state index is 12.9. The number of amides is 2. The molecule has 1 aromatic heterocycles. The zero-order valence-electron chi connectivity index (χ0n) is 14.4. The topological polar surface area (TPSA) is 67.2 Å². The Balaban J connectivity index is 1.45. The van der Waals surface area contributed by atoms with Gasteiger partial charge in [0.25, 0.3) is 5.91 Å². The van der Waals surface area contributed by atoms with Gasteiger partial charge in [-0.2, -0.15) is 5.10 Å². The zero-order chi connectivity index (χ0) is 18.1. The van der Waals surface area contributed by atoms with E-state index < -0.39 is 0 Å². The van der Waals surface area contributed by atoms with Gasteiger partial charge in [0.2, 0.25) is 5.91 Å². The molecular formula is C19H21ClN4O2. The van der Waals surface area contributed by atoms with Crippen molar-refractivity contribution in [2.45, 2.75) is 44.3 Å². The van der Waals surface area contributed by atoms with Crippen molar-refractivity contribution in [1.29, 1.82) is 0 Å². The quantitative estimate of drug-likeness (QED) is 0.876. The second-order valence-electron chi connectivity index (χ2n) is 6.96. The van der Waals surface area contributed by atoms with Gasteiger partial charge in [-0.25, -0.2) is 0 Å². The summed E-state index contributed by atoms with van der Waals surface area (Å²) in [7, 11) is 0. The van der Waals surface area contributed by atoms with Crippen LogP contribution >= 0.6 is 11.6 Å². The van der Waals surface area contributed by atoms with Crippen LogP contribution in [0.2, 0.25) is 5.02 Å². The van der Waals surface area contributed by atoms with Crippen LogP contribution in [0.25, 0.3) is 0 Å². The molecule has 2 heterocycles. The predicted molar refractivity (Wildman–Crippen MR) is 98.0 cm³/mol. The van der Waals surface area contributed by atoms with Gasteiger partial charge in [0.05, 0.1) is 18.3 Å². The Hall–Kier alpha value is -2.34. The monoisotopic (exact) mass is 372 g/mol. The van der Waals surface area contributed by atoms with Crippen LogP contribution in [0.3, 0.4) is 0 Å². The van der Waals surface area contributed by atoms with Crippen LogP contribution in [0.1, 0.15) is 41.6 Å². The second kappa shape index (κ2) is 7.11. The second-order valence-corrected chi connectivity index (χ2v) is 7.36. The minimum absolute atomic E-state index is 0.0261. The van der Waals surface area contributed by atoms with Crippen LogP contribution in [0.5, 0.6) is 0 Å². The molecule has 1 aromatic carbocycles. The summed E-state index contributed by atoms with van der Waals surface area (Å²) in [6.45, 7) is 1.11. The van der Waals surface area contributed by atoms with E-state index in [1.165, 1.54) is 0 Å². The molecule has 1 atom stereocenters. The number of carbonyl (C=O) groups excluding carboxylic acids is 2. The summed E-state index contributed by atoms with van der Waals surface area (Å²) in [5, 5.41) is 7.96. The molecule has 1 saturated carbocycles. The molecule has 2 aromatic rings. The molecule has 0 bridgehead atoms. The summed E-state index contributed by atoms with van der Waals surface area (Å²) in [6.07, 6.45) is 6.94. The number of aromatic nitrogens is 2. The molecule has 2 amide bonds. The van der Waals surface area contributed by atoms with E-state index >= 15 is 0 Å². The molecule has 0 spiro atoms. The smallest absolute Gasteiger partial charge is 0.257 e. The fourth-order valence-corrected chi connectivity index (χ4v) is 3.53. The number of hydrogen-bond acceptors (Lipinski definition) is 3. The van der Waals surface area contributed by atoms with Gasteiger partial charge < -0.3 is 10.2 Å². The zero-order valence-corrected chi connectivity index (χ0v) is 15.2. The largest absolute Gasteiger partial charge is 0.352 e. The van der Waals surface area contributed by atoms with E-state index in [4.69, 9.17) is 11.6 Å². The Morgan fingerprint density at radius 3 is 2.81 bits per heavy atom. The first-order chi connectivity index (χ1) is 12.6. The molecule has 1 unspecified atom stereocenters. The SMILES string of the molecule is O=C(NC1CC1)C1CCCN1C(=O)c1cnn(Cc2ccccc2Cl)c1. The Kier molecular flexibility index (Phi) is 4.68.